The first-order chi connectivity index (χ1) is 41.7. The molecule has 0 radical (unpaired) electrons. The molecule has 2 N–H and O–H groups in total. The van der Waals surface area contributed by atoms with Crippen molar-refractivity contribution < 1.29 is 8.83 Å². The van der Waals surface area contributed by atoms with Crippen molar-refractivity contribution in [2.75, 3.05) is 5.73 Å². The molecule has 0 saturated heterocycles. The third-order valence-corrected chi connectivity index (χ3v) is 23.2. The van der Waals surface area contributed by atoms with Crippen molar-refractivity contribution in [3.8, 4) is 81.5 Å². The molecule has 0 aliphatic heterocycles. The van der Waals surface area contributed by atoms with Gasteiger partial charge in [0.15, 0.2) is 16.0 Å². The van der Waals surface area contributed by atoms with Crippen LogP contribution in [-0.4, -0.2) is 9.97 Å². The summed E-state index contributed by atoms with van der Waals surface area (Å²) in [5.74, 6) is 0.347. The number of nitriles is 6. The number of fused-ring (bicyclic) bond motifs is 2. The van der Waals surface area contributed by atoms with Crippen LogP contribution in [0.15, 0.2) is 106 Å². The molecule has 12 rings (SSSR count). The predicted molar refractivity (Wildman–Crippen MR) is 356 cm³/mol. The molecule has 12 aromatic rings. The van der Waals surface area contributed by atoms with Crippen LogP contribution in [0, 0.1) is 109 Å². The van der Waals surface area contributed by atoms with E-state index >= 15 is 0 Å². The molecule has 0 unspecified atom stereocenters. The zero-order valence-corrected chi connectivity index (χ0v) is 52.3. The second kappa shape index (κ2) is 23.7. The van der Waals surface area contributed by atoms with Gasteiger partial charge < -0.3 is 14.6 Å². The summed E-state index contributed by atoms with van der Waals surface area (Å²) in [6.45, 7) is 10.4. The second-order valence-corrected chi connectivity index (χ2v) is 28.1. The highest BCUT2D eigenvalue weighted by atomic mass is 32.1. The highest BCUT2D eigenvalue weighted by molar-refractivity contribution is 7.28. The zero-order chi connectivity index (χ0) is 59.9. The molecule has 20 heteroatoms. The molecule has 0 spiro atoms. The van der Waals surface area contributed by atoms with E-state index in [0.29, 0.717) is 60.0 Å². The Kier molecular flexibility index (Phi) is 15.6. The number of anilines is 1. The monoisotopic (exact) mass is 1260 g/mol. The summed E-state index contributed by atoms with van der Waals surface area (Å²) in [4.78, 5) is 29.1. The van der Waals surface area contributed by atoms with Gasteiger partial charge in [-0.05, 0) is 183 Å². The summed E-state index contributed by atoms with van der Waals surface area (Å²) in [6, 6.07) is 46.9. The molecule has 0 fully saturated rings. The lowest BCUT2D eigenvalue weighted by molar-refractivity contribution is 0.586. The average molecular weight is 1260 g/mol. The molecule has 0 aliphatic rings. The van der Waals surface area contributed by atoms with Gasteiger partial charge in [-0.25, -0.2) is 9.97 Å². The van der Waals surface area contributed by atoms with Gasteiger partial charge in [-0.3, -0.25) is 0 Å². The number of benzene rings is 2. The number of aromatic nitrogens is 2. The quantitative estimate of drug-likeness (QED) is 0.0894. The number of allylic oxidation sites excluding steroid dienone is 4. The van der Waals surface area contributed by atoms with E-state index in [2.05, 4.69) is 108 Å². The summed E-state index contributed by atoms with van der Waals surface area (Å²) in [5.41, 5.74) is 16.7. The first kappa shape index (κ1) is 56.6. The first-order valence-electron chi connectivity index (χ1n) is 25.9. The van der Waals surface area contributed by atoms with Crippen molar-refractivity contribution in [1.82, 2.24) is 9.97 Å². The molecule has 10 aromatic heterocycles. The molecule has 0 saturated carbocycles. The van der Waals surface area contributed by atoms with Crippen molar-refractivity contribution in [3.63, 3.8) is 0 Å². The molecule has 0 bridgehead atoms. The molecule has 0 aliphatic carbocycles. The highest BCUT2D eigenvalue weighted by Gasteiger charge is 2.22. The molecule has 12 nitrogen and oxygen atoms in total. The second-order valence-electron chi connectivity index (χ2n) is 19.5. The number of rotatable bonds is 12. The van der Waals surface area contributed by atoms with Crippen molar-refractivity contribution in [3.05, 3.63) is 186 Å². The van der Waals surface area contributed by atoms with Crippen molar-refractivity contribution in [2.24, 2.45) is 0 Å². The number of hydrogen-bond acceptors (Lipinski definition) is 19. The molecule has 0 atom stereocenters. The third-order valence-electron chi connectivity index (χ3n) is 13.4. The summed E-state index contributed by atoms with van der Waals surface area (Å²) in [6.07, 6.45) is 7.37. The minimum atomic E-state index is 0.151. The van der Waals surface area contributed by atoms with E-state index in [1.165, 1.54) is 27.6 Å². The van der Waals surface area contributed by atoms with Gasteiger partial charge in [0, 0.05) is 68.3 Å². The SMILES string of the molecule is Cc1cc(C=C(C#N)c2nc3cc(C#N)ccc3o2)sc1-c1ccc(-c2sc(C=C(C#N)c3nc4cc(N)c([N+]#Cc5ccc(C(C#N)=Cc6cc(C)c(-c7sc(-c8sc(C=C(C#N)c9ccc(C#N)s9)cc8C)cc7C)s6)s5)cc4o3)cc2C)s1. The summed E-state index contributed by atoms with van der Waals surface area (Å²) in [5, 5.41) is 59.4. The first-order valence-corrected chi connectivity index (χ1v) is 32.4. The van der Waals surface area contributed by atoms with Crippen LogP contribution in [0.25, 0.3) is 113 Å². The summed E-state index contributed by atoms with van der Waals surface area (Å²) in [7, 11) is 0. The largest absolute Gasteiger partial charge is 0.435 e. The van der Waals surface area contributed by atoms with Crippen LogP contribution in [0.4, 0.5) is 11.4 Å². The van der Waals surface area contributed by atoms with Crippen molar-refractivity contribution in [2.45, 2.75) is 34.6 Å². The number of oxazole rings is 2. The third kappa shape index (κ3) is 11.3. The smallest absolute Gasteiger partial charge is 0.367 e. The number of hydrogen-bond donors (Lipinski definition) is 1. The number of nitrogens with zero attached hydrogens (tertiary/aromatic N) is 9. The van der Waals surface area contributed by atoms with E-state index in [9.17, 15) is 31.6 Å². The molecule has 2 aromatic carbocycles. The molecule has 410 valence electrons. The van der Waals surface area contributed by atoms with E-state index in [-0.39, 0.29) is 22.9 Å². The Morgan fingerprint density at radius 2 is 0.907 bits per heavy atom. The fourth-order valence-corrected chi connectivity index (χ4v) is 18.4. The Morgan fingerprint density at radius 1 is 0.442 bits per heavy atom. The lowest BCUT2D eigenvalue weighted by atomic mass is 10.1. The van der Waals surface area contributed by atoms with Crippen LogP contribution in [0.5, 0.6) is 0 Å². The lowest BCUT2D eigenvalue weighted by Gasteiger charge is -1.97. The minimum absolute atomic E-state index is 0.151. The minimum Gasteiger partial charge on any atom is -0.435 e. The molecule has 86 heavy (non-hydrogen) atoms. The van der Waals surface area contributed by atoms with Crippen LogP contribution in [0.3, 0.4) is 0 Å². The van der Waals surface area contributed by atoms with E-state index in [0.717, 1.165) is 91.2 Å². The topological polar surface area (TPSA) is 225 Å². The predicted octanol–water partition coefficient (Wildman–Crippen LogP) is 20.3. The number of nitrogens with two attached hydrogens (primary N) is 1. The Labute approximate surface area is 524 Å². The maximum Gasteiger partial charge on any atom is 0.367 e. The van der Waals surface area contributed by atoms with Crippen LogP contribution < -0.4 is 5.73 Å². The van der Waals surface area contributed by atoms with Gasteiger partial charge in [0.25, 0.3) is 0 Å². The maximum atomic E-state index is 10.4. The van der Waals surface area contributed by atoms with Crippen LogP contribution in [0.2, 0.25) is 0 Å². The highest BCUT2D eigenvalue weighted by Crippen LogP contribution is 2.48. The molecule has 10 heterocycles. The van der Waals surface area contributed by atoms with Gasteiger partial charge in [-0.15, -0.1) is 90.7 Å². The van der Waals surface area contributed by atoms with Crippen LogP contribution in [0.1, 0.15) is 84.2 Å². The number of nitrogen functional groups attached to an aromatic ring is 1. The fraction of sp³-hybridized carbons (Fsp3) is 0.0758. The van der Waals surface area contributed by atoms with Gasteiger partial charge in [0.05, 0.1) is 28.8 Å². The van der Waals surface area contributed by atoms with Gasteiger partial charge in [0.2, 0.25) is 11.8 Å². The maximum absolute atomic E-state index is 10.4. The van der Waals surface area contributed by atoms with Gasteiger partial charge >= 0.3 is 11.8 Å². The van der Waals surface area contributed by atoms with Gasteiger partial charge in [-0.2, -0.15) is 31.6 Å². The van der Waals surface area contributed by atoms with E-state index < -0.39 is 0 Å². The lowest BCUT2D eigenvalue weighted by Crippen LogP contribution is -1.84. The fourth-order valence-electron chi connectivity index (χ4n) is 9.35. The average Bonchev–Trinajstić information content (AvgIpc) is 2.43. The van der Waals surface area contributed by atoms with Crippen LogP contribution >= 0.6 is 90.7 Å². The summed E-state index contributed by atoms with van der Waals surface area (Å²) >= 11 is 12.5. The normalized spacial score (nSPS) is 11.9. The van der Waals surface area contributed by atoms with Crippen molar-refractivity contribution in [1.29, 1.82) is 31.6 Å². The summed E-state index contributed by atoms with van der Waals surface area (Å²) < 4.78 is 12.1. The number of aryl methyl sites for hydroxylation is 5. The Morgan fingerprint density at radius 3 is 1.44 bits per heavy atom. The van der Waals surface area contributed by atoms with Crippen LogP contribution in [-0.2, 0) is 0 Å². The van der Waals surface area contributed by atoms with E-state index in [1.807, 2.05) is 56.3 Å². The zero-order valence-electron chi connectivity index (χ0n) is 45.7. The van der Waals surface area contributed by atoms with Gasteiger partial charge in [-0.1, -0.05) is 0 Å². The molecule has 0 amide bonds. The van der Waals surface area contributed by atoms with E-state index in [1.54, 1.807) is 117 Å². The van der Waals surface area contributed by atoms with Gasteiger partial charge in [0.1, 0.15) is 63.1 Å². The molecular formula is C66H37N10O2S8+. The van der Waals surface area contributed by atoms with Crippen molar-refractivity contribution >= 4 is 171 Å². The number of thiophene rings is 8. The Balaban J connectivity index is 0.726. The Bertz CT molecular complexity index is 5260. The van der Waals surface area contributed by atoms with E-state index in [4.69, 9.17) is 14.6 Å². The molecular weight excluding hydrogens is 1220 g/mol. The Hall–Kier alpha value is -9.83. The standard InChI is InChI=1S/C66H37N10O2S8/c1-33-14-47(22-41(29-70)65-75-51-19-38(26-67)6-9-53(51)77-65)81-60(33)57-12-13-58(85-57)61-34(2)15-48(82-61)23-42(30-71)66-76-52-24-49(73)50(25-54(52)78-66)74-32-44-8-11-56(80-44)40(28-69)21-46-17-36(4)63(84-46)64-37(5)18-59(86-64)62-35(3)16-45(83-62)20-39(27-68)55-10-7-43(31-72)79-55/h6-25H,73H2,1-5H3/q+1.